The minimum absolute atomic E-state index is 0.195. The van der Waals surface area contributed by atoms with E-state index in [-0.39, 0.29) is 6.10 Å². The summed E-state index contributed by atoms with van der Waals surface area (Å²) in [7, 11) is 0. The summed E-state index contributed by atoms with van der Waals surface area (Å²) in [5.41, 5.74) is 2.69. The summed E-state index contributed by atoms with van der Waals surface area (Å²) in [6, 6.07) is 8.73. The van der Waals surface area contributed by atoms with Crippen LogP contribution < -0.4 is 10.2 Å². The summed E-state index contributed by atoms with van der Waals surface area (Å²) >= 11 is 0. The van der Waals surface area contributed by atoms with E-state index in [0.29, 0.717) is 17.5 Å². The van der Waals surface area contributed by atoms with Crippen LogP contribution in [0.4, 0.5) is 11.4 Å². The van der Waals surface area contributed by atoms with Crippen molar-refractivity contribution in [2.24, 2.45) is 5.92 Å². The van der Waals surface area contributed by atoms with Crippen molar-refractivity contribution in [3.8, 4) is 6.07 Å². The Labute approximate surface area is 133 Å². The van der Waals surface area contributed by atoms with Crippen molar-refractivity contribution in [1.82, 2.24) is 0 Å². The summed E-state index contributed by atoms with van der Waals surface area (Å²) < 4.78 is 0. The lowest BCUT2D eigenvalue weighted by molar-refractivity contribution is 0.145. The van der Waals surface area contributed by atoms with Gasteiger partial charge in [-0.05, 0) is 50.3 Å². The van der Waals surface area contributed by atoms with Gasteiger partial charge in [0.05, 0.1) is 17.4 Å². The Morgan fingerprint density at radius 3 is 2.59 bits per heavy atom. The second-order valence-corrected chi connectivity index (χ2v) is 6.74. The maximum absolute atomic E-state index is 9.61. The van der Waals surface area contributed by atoms with E-state index in [9.17, 15) is 10.4 Å². The second-order valence-electron chi connectivity index (χ2n) is 6.74. The summed E-state index contributed by atoms with van der Waals surface area (Å²) in [6.07, 6.45) is 2.46. The fraction of sp³-hybridized carbons (Fsp3) is 0.611. The second kappa shape index (κ2) is 7.51. The quantitative estimate of drug-likeness (QED) is 0.875. The number of nitrogens with one attached hydrogen (secondary N) is 1. The van der Waals surface area contributed by atoms with Crippen LogP contribution in [0.5, 0.6) is 0 Å². The average Bonchev–Trinajstić information content (AvgIpc) is 2.47. The molecule has 0 aliphatic carbocycles. The van der Waals surface area contributed by atoms with Gasteiger partial charge in [-0.25, -0.2) is 0 Å². The number of aliphatic hydroxyl groups excluding tert-OH is 1. The SMILES string of the molecule is CC(C)CC(C)Nc1ccc(N2CCC(O)CC2)c(C#N)c1. The lowest BCUT2D eigenvalue weighted by Gasteiger charge is -2.32. The molecule has 1 aromatic carbocycles. The fourth-order valence-electron chi connectivity index (χ4n) is 3.15. The predicted octanol–water partition coefficient (Wildman–Crippen LogP) is 3.37. The van der Waals surface area contributed by atoms with Crippen molar-refractivity contribution in [2.75, 3.05) is 23.3 Å². The molecule has 1 fully saturated rings. The van der Waals surface area contributed by atoms with Crippen molar-refractivity contribution < 1.29 is 5.11 Å². The summed E-state index contributed by atoms with van der Waals surface area (Å²) in [6.45, 7) is 8.23. The van der Waals surface area contributed by atoms with E-state index in [1.54, 1.807) is 0 Å². The number of nitrogens with zero attached hydrogens (tertiary/aromatic N) is 2. The van der Waals surface area contributed by atoms with E-state index in [1.807, 2.05) is 12.1 Å². The highest BCUT2D eigenvalue weighted by Crippen LogP contribution is 2.27. The van der Waals surface area contributed by atoms with Gasteiger partial charge in [-0.1, -0.05) is 13.8 Å². The lowest BCUT2D eigenvalue weighted by Crippen LogP contribution is -2.36. The zero-order chi connectivity index (χ0) is 16.1. The lowest BCUT2D eigenvalue weighted by atomic mass is 10.0. The Kier molecular flexibility index (Phi) is 5.68. The molecule has 0 spiro atoms. The number of hydrogen-bond acceptors (Lipinski definition) is 4. The maximum Gasteiger partial charge on any atom is 0.101 e. The Bertz CT molecular complexity index is 528. The molecule has 4 nitrogen and oxygen atoms in total. The Morgan fingerprint density at radius 2 is 2.00 bits per heavy atom. The molecule has 4 heteroatoms. The first-order valence-corrected chi connectivity index (χ1v) is 8.23. The van der Waals surface area contributed by atoms with Gasteiger partial charge in [-0.3, -0.25) is 0 Å². The molecular formula is C18H27N3O. The first kappa shape index (κ1) is 16.6. The van der Waals surface area contributed by atoms with Crippen molar-refractivity contribution in [1.29, 1.82) is 5.26 Å². The zero-order valence-corrected chi connectivity index (χ0v) is 13.8. The zero-order valence-electron chi connectivity index (χ0n) is 13.8. The number of piperidine rings is 1. The van der Waals surface area contributed by atoms with Crippen molar-refractivity contribution >= 4 is 11.4 Å². The molecule has 22 heavy (non-hydrogen) atoms. The van der Waals surface area contributed by atoms with Crippen LogP contribution in [0.1, 0.15) is 45.6 Å². The number of hydrogen-bond donors (Lipinski definition) is 2. The Balaban J connectivity index is 2.09. The molecule has 1 heterocycles. The highest BCUT2D eigenvalue weighted by molar-refractivity contribution is 5.65. The smallest absolute Gasteiger partial charge is 0.101 e. The van der Waals surface area contributed by atoms with Gasteiger partial charge in [0.2, 0.25) is 0 Å². The highest BCUT2D eigenvalue weighted by Gasteiger charge is 2.19. The third kappa shape index (κ3) is 4.38. The van der Waals surface area contributed by atoms with Crippen LogP contribution in [-0.2, 0) is 0 Å². The molecule has 1 saturated heterocycles. The molecule has 0 saturated carbocycles. The van der Waals surface area contributed by atoms with Gasteiger partial charge in [0, 0.05) is 24.8 Å². The van der Waals surface area contributed by atoms with E-state index >= 15 is 0 Å². The third-order valence-corrected chi connectivity index (χ3v) is 4.16. The van der Waals surface area contributed by atoms with Gasteiger partial charge in [0.1, 0.15) is 6.07 Å². The van der Waals surface area contributed by atoms with Crippen molar-refractivity contribution in [3.05, 3.63) is 23.8 Å². The number of aliphatic hydroxyl groups is 1. The molecule has 1 atom stereocenters. The number of benzene rings is 1. The van der Waals surface area contributed by atoms with E-state index in [2.05, 4.69) is 43.1 Å². The molecule has 1 aliphatic rings. The number of rotatable bonds is 5. The standard InChI is InChI=1S/C18H27N3O/c1-13(2)10-14(3)20-16-4-5-18(15(11-16)12-19)21-8-6-17(22)7-9-21/h4-5,11,13-14,17,20,22H,6-10H2,1-3H3. The van der Waals surface area contributed by atoms with Gasteiger partial charge in [0.25, 0.3) is 0 Å². The van der Waals surface area contributed by atoms with Crippen LogP contribution >= 0.6 is 0 Å². The molecule has 1 aliphatic heterocycles. The van der Waals surface area contributed by atoms with Gasteiger partial charge in [-0.15, -0.1) is 0 Å². The van der Waals surface area contributed by atoms with Crippen LogP contribution in [0.15, 0.2) is 18.2 Å². The van der Waals surface area contributed by atoms with Gasteiger partial charge < -0.3 is 15.3 Å². The largest absolute Gasteiger partial charge is 0.393 e. The highest BCUT2D eigenvalue weighted by atomic mass is 16.3. The molecule has 0 aromatic heterocycles. The van der Waals surface area contributed by atoms with Gasteiger partial charge in [0.15, 0.2) is 0 Å². The minimum atomic E-state index is -0.195. The molecule has 0 amide bonds. The fourth-order valence-corrected chi connectivity index (χ4v) is 3.15. The molecular weight excluding hydrogens is 274 g/mol. The molecule has 0 radical (unpaired) electrons. The summed E-state index contributed by atoms with van der Waals surface area (Å²) in [5.74, 6) is 0.650. The maximum atomic E-state index is 9.61. The molecule has 120 valence electrons. The predicted molar refractivity (Wildman–Crippen MR) is 91.2 cm³/mol. The average molecular weight is 301 g/mol. The minimum Gasteiger partial charge on any atom is -0.393 e. The van der Waals surface area contributed by atoms with Crippen LogP contribution in [0.2, 0.25) is 0 Å². The van der Waals surface area contributed by atoms with Crippen LogP contribution in [-0.4, -0.2) is 30.3 Å². The van der Waals surface area contributed by atoms with Crippen molar-refractivity contribution in [2.45, 2.75) is 52.2 Å². The molecule has 2 rings (SSSR count). The summed E-state index contributed by atoms with van der Waals surface area (Å²) in [5, 5.41) is 22.5. The number of anilines is 2. The molecule has 1 unspecified atom stereocenters. The Hall–Kier alpha value is -1.73. The first-order valence-electron chi connectivity index (χ1n) is 8.23. The van der Waals surface area contributed by atoms with E-state index in [0.717, 1.165) is 43.7 Å². The van der Waals surface area contributed by atoms with E-state index < -0.39 is 0 Å². The first-order chi connectivity index (χ1) is 10.5. The molecule has 1 aromatic rings. The topological polar surface area (TPSA) is 59.3 Å². The monoisotopic (exact) mass is 301 g/mol. The van der Waals surface area contributed by atoms with Gasteiger partial charge in [-0.2, -0.15) is 5.26 Å². The van der Waals surface area contributed by atoms with Crippen LogP contribution in [0.25, 0.3) is 0 Å². The van der Waals surface area contributed by atoms with Crippen molar-refractivity contribution in [3.63, 3.8) is 0 Å². The summed E-state index contributed by atoms with van der Waals surface area (Å²) in [4.78, 5) is 2.20. The Morgan fingerprint density at radius 1 is 1.32 bits per heavy atom. The molecule has 0 bridgehead atoms. The third-order valence-electron chi connectivity index (χ3n) is 4.16. The van der Waals surface area contributed by atoms with Crippen LogP contribution in [0, 0.1) is 17.2 Å². The van der Waals surface area contributed by atoms with Gasteiger partial charge >= 0.3 is 0 Å². The number of nitriles is 1. The van der Waals surface area contributed by atoms with E-state index in [4.69, 9.17) is 0 Å². The van der Waals surface area contributed by atoms with E-state index in [1.165, 1.54) is 0 Å². The normalized spacial score (nSPS) is 17.4. The van der Waals surface area contributed by atoms with Crippen LogP contribution in [0.3, 0.4) is 0 Å². The molecule has 2 N–H and O–H groups in total.